The Morgan fingerprint density at radius 1 is 1.71 bits per heavy atom. The largest absolute Gasteiger partial charge is 0.480 e. The summed E-state index contributed by atoms with van der Waals surface area (Å²) in [5.41, 5.74) is 7.38. The zero-order chi connectivity index (χ0) is 12.7. The SMILES string of the molecule is CCC1CCCC1(NCCCN=[N+]=[N-])C(=O)O. The van der Waals surface area contributed by atoms with E-state index in [0.29, 0.717) is 25.9 Å². The summed E-state index contributed by atoms with van der Waals surface area (Å²) in [5.74, 6) is -0.537. The Balaban J connectivity index is 2.54. The third-order valence-electron chi connectivity index (χ3n) is 3.63. The topological polar surface area (TPSA) is 98.1 Å². The molecule has 6 nitrogen and oxygen atoms in total. The quantitative estimate of drug-likeness (QED) is 0.309. The minimum absolute atomic E-state index is 0.208. The van der Waals surface area contributed by atoms with Crippen LogP contribution in [0.25, 0.3) is 10.4 Å². The van der Waals surface area contributed by atoms with Gasteiger partial charge in [-0.3, -0.25) is 4.79 Å². The van der Waals surface area contributed by atoms with Crippen LogP contribution in [0, 0.1) is 5.92 Å². The van der Waals surface area contributed by atoms with Crippen LogP contribution in [0.4, 0.5) is 0 Å². The molecule has 1 rings (SSSR count). The van der Waals surface area contributed by atoms with Crippen LogP contribution in [0.1, 0.15) is 39.0 Å². The summed E-state index contributed by atoms with van der Waals surface area (Å²) in [6.07, 6.45) is 4.20. The predicted molar refractivity (Wildman–Crippen MR) is 64.6 cm³/mol. The standard InChI is InChI=1S/C11H20N4O2/c1-2-9-5-3-6-11(9,10(16)17)13-7-4-8-14-15-12/h9,13H,2-8H2,1H3,(H,16,17). The number of carboxylic acid groups (broad SMARTS) is 1. The van der Waals surface area contributed by atoms with Gasteiger partial charge in [0.1, 0.15) is 5.54 Å². The Labute approximate surface area is 101 Å². The van der Waals surface area contributed by atoms with Gasteiger partial charge in [0.05, 0.1) is 0 Å². The molecule has 1 aliphatic rings. The number of aliphatic carboxylic acids is 1. The summed E-state index contributed by atoms with van der Waals surface area (Å²) in [7, 11) is 0. The van der Waals surface area contributed by atoms with Crippen molar-refractivity contribution in [2.75, 3.05) is 13.1 Å². The lowest BCUT2D eigenvalue weighted by molar-refractivity contribution is -0.146. The lowest BCUT2D eigenvalue weighted by atomic mass is 9.85. The molecule has 0 aromatic carbocycles. The van der Waals surface area contributed by atoms with Gasteiger partial charge in [0.2, 0.25) is 0 Å². The molecule has 0 bridgehead atoms. The molecule has 0 aromatic heterocycles. The summed E-state index contributed by atoms with van der Waals surface area (Å²) >= 11 is 0. The normalized spacial score (nSPS) is 27.7. The van der Waals surface area contributed by atoms with Crippen LogP contribution in [-0.2, 0) is 4.79 Å². The molecule has 1 saturated carbocycles. The highest BCUT2D eigenvalue weighted by atomic mass is 16.4. The molecule has 2 atom stereocenters. The number of hydrogen-bond acceptors (Lipinski definition) is 3. The fourth-order valence-corrected chi connectivity index (χ4v) is 2.73. The molecule has 1 fully saturated rings. The molecule has 0 aromatic rings. The van der Waals surface area contributed by atoms with E-state index < -0.39 is 11.5 Å². The minimum atomic E-state index is -0.759. The van der Waals surface area contributed by atoms with Gasteiger partial charge >= 0.3 is 5.97 Å². The first-order valence-electron chi connectivity index (χ1n) is 6.16. The lowest BCUT2D eigenvalue weighted by Gasteiger charge is -2.32. The second-order valence-electron chi connectivity index (χ2n) is 4.51. The van der Waals surface area contributed by atoms with E-state index in [4.69, 9.17) is 5.53 Å². The van der Waals surface area contributed by atoms with Gasteiger partial charge < -0.3 is 10.4 Å². The molecule has 2 N–H and O–H groups in total. The van der Waals surface area contributed by atoms with Gasteiger partial charge in [-0.25, -0.2) is 0 Å². The maximum atomic E-state index is 11.5. The van der Waals surface area contributed by atoms with Crippen molar-refractivity contribution in [1.82, 2.24) is 5.32 Å². The van der Waals surface area contributed by atoms with Gasteiger partial charge in [-0.15, -0.1) is 0 Å². The molecule has 0 heterocycles. The lowest BCUT2D eigenvalue weighted by Crippen LogP contribution is -2.55. The highest BCUT2D eigenvalue weighted by Crippen LogP contribution is 2.38. The summed E-state index contributed by atoms with van der Waals surface area (Å²) in [4.78, 5) is 14.1. The average molecular weight is 240 g/mol. The number of azide groups is 1. The van der Waals surface area contributed by atoms with Crippen molar-refractivity contribution >= 4 is 5.97 Å². The highest BCUT2D eigenvalue weighted by molar-refractivity contribution is 5.79. The first-order chi connectivity index (χ1) is 8.17. The minimum Gasteiger partial charge on any atom is -0.480 e. The van der Waals surface area contributed by atoms with Gasteiger partial charge in [-0.1, -0.05) is 24.9 Å². The van der Waals surface area contributed by atoms with Crippen molar-refractivity contribution in [2.45, 2.75) is 44.6 Å². The molecule has 17 heavy (non-hydrogen) atoms. The van der Waals surface area contributed by atoms with Crippen LogP contribution in [0.3, 0.4) is 0 Å². The first-order valence-corrected chi connectivity index (χ1v) is 6.16. The molecular formula is C11H20N4O2. The maximum Gasteiger partial charge on any atom is 0.324 e. The van der Waals surface area contributed by atoms with Crippen LogP contribution in [-0.4, -0.2) is 29.7 Å². The average Bonchev–Trinajstić information content (AvgIpc) is 2.73. The van der Waals surface area contributed by atoms with Crippen molar-refractivity contribution in [3.63, 3.8) is 0 Å². The Morgan fingerprint density at radius 3 is 3.06 bits per heavy atom. The van der Waals surface area contributed by atoms with E-state index in [1.54, 1.807) is 0 Å². The Hall–Kier alpha value is -1.26. The van der Waals surface area contributed by atoms with Gasteiger partial charge in [-0.2, -0.15) is 0 Å². The van der Waals surface area contributed by atoms with Crippen molar-refractivity contribution in [2.24, 2.45) is 11.0 Å². The summed E-state index contributed by atoms with van der Waals surface area (Å²) in [5, 5.41) is 16.0. The smallest absolute Gasteiger partial charge is 0.324 e. The third kappa shape index (κ3) is 3.11. The molecule has 0 radical (unpaired) electrons. The number of rotatable bonds is 7. The van der Waals surface area contributed by atoms with E-state index in [1.807, 2.05) is 6.92 Å². The van der Waals surface area contributed by atoms with Gasteiger partial charge in [0.15, 0.2) is 0 Å². The van der Waals surface area contributed by atoms with Gasteiger partial charge in [0.25, 0.3) is 0 Å². The monoisotopic (exact) mass is 240 g/mol. The van der Waals surface area contributed by atoms with Gasteiger partial charge in [0, 0.05) is 11.5 Å². The zero-order valence-corrected chi connectivity index (χ0v) is 10.2. The number of hydrogen-bond donors (Lipinski definition) is 2. The van der Waals surface area contributed by atoms with Crippen LogP contribution in [0.2, 0.25) is 0 Å². The molecule has 0 amide bonds. The van der Waals surface area contributed by atoms with Crippen LogP contribution in [0.5, 0.6) is 0 Å². The van der Waals surface area contributed by atoms with Crippen LogP contribution >= 0.6 is 0 Å². The molecule has 1 aliphatic carbocycles. The molecule has 96 valence electrons. The highest BCUT2D eigenvalue weighted by Gasteiger charge is 2.47. The van der Waals surface area contributed by atoms with E-state index in [9.17, 15) is 9.90 Å². The maximum absolute atomic E-state index is 11.5. The molecular weight excluding hydrogens is 220 g/mol. The predicted octanol–water partition coefficient (Wildman–Crippen LogP) is 2.31. The fourth-order valence-electron chi connectivity index (χ4n) is 2.73. The van der Waals surface area contributed by atoms with E-state index >= 15 is 0 Å². The second kappa shape index (κ2) is 6.47. The van der Waals surface area contributed by atoms with Gasteiger partial charge in [-0.05, 0) is 37.3 Å². The Morgan fingerprint density at radius 2 is 2.47 bits per heavy atom. The van der Waals surface area contributed by atoms with E-state index in [0.717, 1.165) is 19.3 Å². The molecule has 0 aliphatic heterocycles. The molecule has 6 heteroatoms. The number of nitrogens with one attached hydrogen (secondary N) is 1. The van der Waals surface area contributed by atoms with E-state index in [1.165, 1.54) is 0 Å². The Bertz CT molecular complexity index is 315. The van der Waals surface area contributed by atoms with Crippen molar-refractivity contribution in [3.05, 3.63) is 10.4 Å². The van der Waals surface area contributed by atoms with Crippen molar-refractivity contribution in [1.29, 1.82) is 0 Å². The summed E-state index contributed by atoms with van der Waals surface area (Å²) in [6.45, 7) is 3.03. The number of carbonyl (C=O) groups is 1. The fraction of sp³-hybridized carbons (Fsp3) is 0.909. The number of nitrogens with zero attached hydrogens (tertiary/aromatic N) is 3. The van der Waals surface area contributed by atoms with Crippen LogP contribution in [0.15, 0.2) is 5.11 Å². The molecule has 0 saturated heterocycles. The summed E-state index contributed by atoms with van der Waals surface area (Å²) in [6, 6.07) is 0. The third-order valence-corrected chi connectivity index (χ3v) is 3.63. The van der Waals surface area contributed by atoms with Crippen molar-refractivity contribution < 1.29 is 9.90 Å². The van der Waals surface area contributed by atoms with E-state index in [2.05, 4.69) is 15.3 Å². The second-order valence-corrected chi connectivity index (χ2v) is 4.51. The summed E-state index contributed by atoms with van der Waals surface area (Å²) < 4.78 is 0. The van der Waals surface area contributed by atoms with Crippen LogP contribution < -0.4 is 5.32 Å². The van der Waals surface area contributed by atoms with Crippen molar-refractivity contribution in [3.8, 4) is 0 Å². The molecule has 0 spiro atoms. The Kier molecular flexibility index (Phi) is 5.25. The zero-order valence-electron chi connectivity index (χ0n) is 10.2. The number of carboxylic acids is 1. The first kappa shape index (κ1) is 13.8. The van der Waals surface area contributed by atoms with E-state index in [-0.39, 0.29) is 5.92 Å². The molecule has 2 unspecified atom stereocenters.